The molecular weight excluding hydrogens is 338 g/mol. The SMILES string of the molecule is CC(=O)SCC(CNC(=O)CCCCCCC(=O)O)c1ccccc1. The van der Waals surface area contributed by atoms with Gasteiger partial charge in [-0.25, -0.2) is 0 Å². The second-order valence-corrected chi connectivity index (χ2v) is 7.22. The topological polar surface area (TPSA) is 83.5 Å². The van der Waals surface area contributed by atoms with Gasteiger partial charge in [0, 0.05) is 38.0 Å². The summed E-state index contributed by atoms with van der Waals surface area (Å²) in [6.45, 7) is 2.07. The van der Waals surface area contributed by atoms with E-state index >= 15 is 0 Å². The van der Waals surface area contributed by atoms with E-state index in [1.54, 1.807) is 6.92 Å². The van der Waals surface area contributed by atoms with Gasteiger partial charge in [0.1, 0.15) is 0 Å². The number of hydrogen-bond acceptors (Lipinski definition) is 4. The number of benzene rings is 1. The van der Waals surface area contributed by atoms with Gasteiger partial charge in [-0.15, -0.1) is 0 Å². The molecule has 0 aromatic heterocycles. The van der Waals surface area contributed by atoms with Gasteiger partial charge < -0.3 is 10.4 Å². The summed E-state index contributed by atoms with van der Waals surface area (Å²) in [5.41, 5.74) is 1.12. The Morgan fingerprint density at radius 3 is 2.28 bits per heavy atom. The number of unbranched alkanes of at least 4 members (excludes halogenated alkanes) is 3. The smallest absolute Gasteiger partial charge is 0.303 e. The molecule has 1 aromatic rings. The summed E-state index contributed by atoms with van der Waals surface area (Å²) in [5, 5.41) is 11.6. The zero-order valence-corrected chi connectivity index (χ0v) is 15.5. The molecule has 25 heavy (non-hydrogen) atoms. The van der Waals surface area contributed by atoms with Gasteiger partial charge in [0.2, 0.25) is 5.91 Å². The molecule has 2 N–H and O–H groups in total. The molecule has 0 heterocycles. The van der Waals surface area contributed by atoms with E-state index in [0.29, 0.717) is 25.1 Å². The van der Waals surface area contributed by atoms with Crippen LogP contribution in [0, 0.1) is 0 Å². The molecule has 1 atom stereocenters. The van der Waals surface area contributed by atoms with Crippen molar-refractivity contribution in [1.29, 1.82) is 0 Å². The fourth-order valence-electron chi connectivity index (χ4n) is 2.46. The van der Waals surface area contributed by atoms with Crippen LogP contribution in [0.15, 0.2) is 30.3 Å². The Labute approximate surface area is 153 Å². The van der Waals surface area contributed by atoms with Gasteiger partial charge in [0.05, 0.1) is 0 Å². The summed E-state index contributed by atoms with van der Waals surface area (Å²) in [4.78, 5) is 33.6. The summed E-state index contributed by atoms with van der Waals surface area (Å²) in [7, 11) is 0. The van der Waals surface area contributed by atoms with Gasteiger partial charge in [-0.05, 0) is 18.4 Å². The molecule has 0 bridgehead atoms. The molecule has 1 rings (SSSR count). The molecule has 1 aromatic carbocycles. The van der Waals surface area contributed by atoms with Crippen LogP contribution in [0.2, 0.25) is 0 Å². The molecule has 5 nitrogen and oxygen atoms in total. The number of aliphatic carboxylic acids is 1. The highest BCUT2D eigenvalue weighted by Crippen LogP contribution is 2.20. The van der Waals surface area contributed by atoms with Crippen LogP contribution in [0.1, 0.15) is 56.9 Å². The number of carbonyl (C=O) groups excluding carboxylic acids is 2. The van der Waals surface area contributed by atoms with Crippen LogP contribution >= 0.6 is 11.8 Å². The number of carbonyl (C=O) groups is 3. The van der Waals surface area contributed by atoms with Crippen LogP contribution in [-0.4, -0.2) is 34.4 Å². The summed E-state index contributed by atoms with van der Waals surface area (Å²) >= 11 is 1.28. The van der Waals surface area contributed by atoms with E-state index in [1.165, 1.54) is 11.8 Å². The highest BCUT2D eigenvalue weighted by atomic mass is 32.2. The Hall–Kier alpha value is -1.82. The lowest BCUT2D eigenvalue weighted by Gasteiger charge is -2.17. The molecule has 0 fully saturated rings. The first kappa shape index (κ1) is 21.2. The lowest BCUT2D eigenvalue weighted by molar-refractivity contribution is -0.137. The molecule has 0 spiro atoms. The van der Waals surface area contributed by atoms with Gasteiger partial charge in [-0.3, -0.25) is 14.4 Å². The summed E-state index contributed by atoms with van der Waals surface area (Å²) in [5.74, 6) is -0.0100. The Bertz CT molecular complexity index is 548. The number of thioether (sulfide) groups is 1. The zero-order chi connectivity index (χ0) is 18.5. The molecule has 1 amide bonds. The van der Waals surface area contributed by atoms with Crippen molar-refractivity contribution in [1.82, 2.24) is 5.32 Å². The number of carboxylic acids is 1. The maximum absolute atomic E-state index is 12.0. The highest BCUT2D eigenvalue weighted by molar-refractivity contribution is 8.13. The maximum atomic E-state index is 12.0. The molecule has 1 unspecified atom stereocenters. The normalized spacial score (nSPS) is 11.7. The van der Waals surface area contributed by atoms with Gasteiger partial charge in [0.25, 0.3) is 0 Å². The molecule has 0 saturated heterocycles. The molecule has 0 aliphatic carbocycles. The first-order valence-corrected chi connectivity index (χ1v) is 9.64. The second kappa shape index (κ2) is 12.5. The van der Waals surface area contributed by atoms with E-state index < -0.39 is 5.97 Å². The van der Waals surface area contributed by atoms with Crippen molar-refractivity contribution in [3.8, 4) is 0 Å². The number of amides is 1. The second-order valence-electron chi connectivity index (χ2n) is 6.02. The molecule has 138 valence electrons. The quantitative estimate of drug-likeness (QED) is 0.553. The van der Waals surface area contributed by atoms with Crippen LogP contribution in [0.25, 0.3) is 0 Å². The van der Waals surface area contributed by atoms with E-state index in [0.717, 1.165) is 24.8 Å². The van der Waals surface area contributed by atoms with E-state index in [9.17, 15) is 14.4 Å². The molecule has 0 saturated carbocycles. The van der Waals surface area contributed by atoms with Gasteiger partial charge in [-0.2, -0.15) is 0 Å². The lowest BCUT2D eigenvalue weighted by Crippen LogP contribution is -2.29. The average molecular weight is 365 g/mol. The van der Waals surface area contributed by atoms with Crippen molar-refractivity contribution < 1.29 is 19.5 Å². The predicted octanol–water partition coefficient (Wildman–Crippen LogP) is 3.59. The van der Waals surface area contributed by atoms with Gasteiger partial charge in [0.15, 0.2) is 5.12 Å². The van der Waals surface area contributed by atoms with Crippen molar-refractivity contribution in [2.45, 2.75) is 51.4 Å². The largest absolute Gasteiger partial charge is 0.481 e. The number of rotatable bonds is 12. The summed E-state index contributed by atoms with van der Waals surface area (Å²) in [6, 6.07) is 9.89. The third kappa shape index (κ3) is 10.6. The van der Waals surface area contributed by atoms with Crippen molar-refractivity contribution in [2.24, 2.45) is 0 Å². The molecular formula is C19H27NO4S. The van der Waals surface area contributed by atoms with E-state index in [4.69, 9.17) is 5.11 Å². The van der Waals surface area contributed by atoms with Gasteiger partial charge >= 0.3 is 5.97 Å². The number of nitrogens with one attached hydrogen (secondary N) is 1. The Morgan fingerprint density at radius 2 is 1.68 bits per heavy atom. The summed E-state index contributed by atoms with van der Waals surface area (Å²) in [6.07, 6.45) is 3.77. The van der Waals surface area contributed by atoms with Crippen molar-refractivity contribution in [2.75, 3.05) is 12.3 Å². The number of hydrogen-bond donors (Lipinski definition) is 2. The molecule has 0 aliphatic heterocycles. The third-order valence-corrected chi connectivity index (χ3v) is 4.82. The first-order chi connectivity index (χ1) is 12.0. The zero-order valence-electron chi connectivity index (χ0n) is 14.7. The lowest BCUT2D eigenvalue weighted by atomic mass is 10.0. The van der Waals surface area contributed by atoms with Crippen molar-refractivity contribution in [3.63, 3.8) is 0 Å². The fraction of sp³-hybridized carbons (Fsp3) is 0.526. The van der Waals surface area contributed by atoms with Gasteiger partial charge in [-0.1, -0.05) is 54.9 Å². The molecule has 0 aliphatic rings. The van der Waals surface area contributed by atoms with Crippen LogP contribution in [0.4, 0.5) is 0 Å². The molecule has 0 radical (unpaired) electrons. The van der Waals surface area contributed by atoms with E-state index in [-0.39, 0.29) is 23.4 Å². The third-order valence-electron chi connectivity index (χ3n) is 3.85. The summed E-state index contributed by atoms with van der Waals surface area (Å²) < 4.78 is 0. The molecule has 6 heteroatoms. The average Bonchev–Trinajstić information content (AvgIpc) is 2.58. The minimum absolute atomic E-state index is 0.00647. The fourth-order valence-corrected chi connectivity index (χ4v) is 3.20. The van der Waals surface area contributed by atoms with Crippen LogP contribution < -0.4 is 5.32 Å². The van der Waals surface area contributed by atoms with Crippen LogP contribution in [0.5, 0.6) is 0 Å². The Balaban J connectivity index is 2.31. The monoisotopic (exact) mass is 365 g/mol. The maximum Gasteiger partial charge on any atom is 0.303 e. The Kier molecular flexibility index (Phi) is 10.6. The minimum atomic E-state index is -0.770. The highest BCUT2D eigenvalue weighted by Gasteiger charge is 2.14. The van der Waals surface area contributed by atoms with Crippen molar-refractivity contribution >= 4 is 28.8 Å². The van der Waals surface area contributed by atoms with E-state index in [1.807, 2.05) is 30.3 Å². The number of carboxylic acid groups (broad SMARTS) is 1. The Morgan fingerprint density at radius 1 is 1.04 bits per heavy atom. The minimum Gasteiger partial charge on any atom is -0.481 e. The predicted molar refractivity (Wildman–Crippen MR) is 101 cm³/mol. The standard InChI is InChI=1S/C19H27NO4S/c1-15(21)25-14-17(16-9-5-4-6-10-16)13-20-18(22)11-7-2-3-8-12-19(23)24/h4-6,9-10,17H,2-3,7-8,11-14H2,1H3,(H,20,22)(H,23,24). The van der Waals surface area contributed by atoms with E-state index in [2.05, 4.69) is 5.32 Å². The van der Waals surface area contributed by atoms with Crippen LogP contribution in [0.3, 0.4) is 0 Å². The van der Waals surface area contributed by atoms with Crippen LogP contribution in [-0.2, 0) is 14.4 Å². The first-order valence-electron chi connectivity index (χ1n) is 8.66. The van der Waals surface area contributed by atoms with Crippen molar-refractivity contribution in [3.05, 3.63) is 35.9 Å².